The second-order valence-electron chi connectivity index (χ2n) is 4.86. The summed E-state index contributed by atoms with van der Waals surface area (Å²) in [6, 6.07) is 11.3. The van der Waals surface area contributed by atoms with Gasteiger partial charge < -0.3 is 5.11 Å². The molecule has 0 aliphatic heterocycles. The average Bonchev–Trinajstić information content (AvgIpc) is 2.85. The van der Waals surface area contributed by atoms with Crippen molar-refractivity contribution >= 4 is 17.0 Å². The Labute approximate surface area is 116 Å². The summed E-state index contributed by atoms with van der Waals surface area (Å²) >= 11 is 0. The molecule has 0 aliphatic rings. The molecular weight excluding hydrogens is 252 g/mol. The van der Waals surface area contributed by atoms with Crippen LogP contribution in [0.4, 0.5) is 0 Å². The number of imidazole rings is 1. The lowest BCUT2D eigenvalue weighted by molar-refractivity contribution is 0.0699. The summed E-state index contributed by atoms with van der Waals surface area (Å²) < 4.78 is 1.91. The molecular formula is C16H14N2O2. The molecule has 20 heavy (non-hydrogen) atoms. The fourth-order valence-electron chi connectivity index (χ4n) is 2.29. The van der Waals surface area contributed by atoms with Crippen LogP contribution in [0.2, 0.25) is 0 Å². The van der Waals surface area contributed by atoms with Crippen LogP contribution < -0.4 is 0 Å². The molecule has 0 saturated carbocycles. The molecule has 0 amide bonds. The molecule has 0 bridgehead atoms. The Morgan fingerprint density at radius 2 is 1.95 bits per heavy atom. The average molecular weight is 266 g/mol. The van der Waals surface area contributed by atoms with Gasteiger partial charge in [0.25, 0.3) is 0 Å². The van der Waals surface area contributed by atoms with E-state index in [-0.39, 0.29) is 5.56 Å². The van der Waals surface area contributed by atoms with Crippen LogP contribution in [0.3, 0.4) is 0 Å². The standard InChI is InChI=1S/C16H14N2O2/c1-10-6-7-12(8-11(10)2)18-9-17-15-13(16(19)20)4-3-5-14(15)18/h3-9H,1-2H3,(H,19,20). The number of carboxylic acids is 1. The van der Waals surface area contributed by atoms with Gasteiger partial charge in [0, 0.05) is 5.69 Å². The molecule has 4 nitrogen and oxygen atoms in total. The van der Waals surface area contributed by atoms with Crippen LogP contribution in [0.1, 0.15) is 21.5 Å². The molecule has 0 aliphatic carbocycles. The van der Waals surface area contributed by atoms with Crippen LogP contribution in [0.5, 0.6) is 0 Å². The highest BCUT2D eigenvalue weighted by atomic mass is 16.4. The van der Waals surface area contributed by atoms with Crippen molar-refractivity contribution in [2.75, 3.05) is 0 Å². The second-order valence-corrected chi connectivity index (χ2v) is 4.86. The predicted octanol–water partition coefficient (Wildman–Crippen LogP) is 3.34. The lowest BCUT2D eigenvalue weighted by atomic mass is 10.1. The van der Waals surface area contributed by atoms with Crippen molar-refractivity contribution in [1.29, 1.82) is 0 Å². The van der Waals surface area contributed by atoms with Gasteiger partial charge in [0.15, 0.2) is 0 Å². The predicted molar refractivity (Wildman–Crippen MR) is 77.5 cm³/mol. The molecule has 1 N–H and O–H groups in total. The SMILES string of the molecule is Cc1ccc(-n2cnc3c(C(=O)O)cccc32)cc1C. The first-order valence-corrected chi connectivity index (χ1v) is 6.35. The summed E-state index contributed by atoms with van der Waals surface area (Å²) in [7, 11) is 0. The Morgan fingerprint density at radius 1 is 1.15 bits per heavy atom. The molecule has 3 aromatic rings. The summed E-state index contributed by atoms with van der Waals surface area (Å²) in [5.74, 6) is -0.957. The van der Waals surface area contributed by atoms with E-state index in [4.69, 9.17) is 0 Å². The molecule has 0 radical (unpaired) electrons. The van der Waals surface area contributed by atoms with Crippen molar-refractivity contribution in [2.45, 2.75) is 13.8 Å². The number of aromatic nitrogens is 2. The summed E-state index contributed by atoms with van der Waals surface area (Å²) in [5.41, 5.74) is 4.94. The third kappa shape index (κ3) is 1.86. The number of benzene rings is 2. The number of aryl methyl sites for hydroxylation is 2. The second kappa shape index (κ2) is 4.49. The van der Waals surface area contributed by atoms with Crippen LogP contribution in [0.25, 0.3) is 16.7 Å². The fourth-order valence-corrected chi connectivity index (χ4v) is 2.29. The summed E-state index contributed by atoms with van der Waals surface area (Å²) in [4.78, 5) is 15.5. The zero-order chi connectivity index (χ0) is 14.3. The first kappa shape index (κ1) is 12.4. The van der Waals surface area contributed by atoms with E-state index < -0.39 is 5.97 Å². The number of para-hydroxylation sites is 1. The van der Waals surface area contributed by atoms with Crippen molar-refractivity contribution in [1.82, 2.24) is 9.55 Å². The first-order chi connectivity index (χ1) is 9.58. The lowest BCUT2D eigenvalue weighted by Crippen LogP contribution is -1.98. The van der Waals surface area contributed by atoms with Gasteiger partial charge in [-0.1, -0.05) is 12.1 Å². The molecule has 2 aromatic carbocycles. The van der Waals surface area contributed by atoms with E-state index in [1.807, 2.05) is 16.7 Å². The van der Waals surface area contributed by atoms with E-state index in [2.05, 4.69) is 31.0 Å². The summed E-state index contributed by atoms with van der Waals surface area (Å²) in [6.45, 7) is 4.12. The number of hydrogen-bond acceptors (Lipinski definition) is 2. The molecule has 1 heterocycles. The molecule has 0 fully saturated rings. The van der Waals surface area contributed by atoms with Crippen molar-refractivity contribution in [2.24, 2.45) is 0 Å². The van der Waals surface area contributed by atoms with Crippen LogP contribution >= 0.6 is 0 Å². The van der Waals surface area contributed by atoms with Crippen molar-refractivity contribution in [3.63, 3.8) is 0 Å². The van der Waals surface area contributed by atoms with Gasteiger partial charge in [-0.15, -0.1) is 0 Å². The van der Waals surface area contributed by atoms with E-state index in [0.717, 1.165) is 11.2 Å². The number of rotatable bonds is 2. The van der Waals surface area contributed by atoms with E-state index in [1.165, 1.54) is 11.1 Å². The number of aromatic carboxylic acids is 1. The van der Waals surface area contributed by atoms with Gasteiger partial charge in [-0.05, 0) is 49.2 Å². The molecule has 0 saturated heterocycles. The Hall–Kier alpha value is -2.62. The number of hydrogen-bond donors (Lipinski definition) is 1. The van der Waals surface area contributed by atoms with Crippen LogP contribution in [0.15, 0.2) is 42.7 Å². The topological polar surface area (TPSA) is 55.1 Å². The first-order valence-electron chi connectivity index (χ1n) is 6.35. The highest BCUT2D eigenvalue weighted by molar-refractivity contribution is 6.01. The minimum absolute atomic E-state index is 0.227. The van der Waals surface area contributed by atoms with E-state index in [0.29, 0.717) is 5.52 Å². The maximum absolute atomic E-state index is 11.2. The number of fused-ring (bicyclic) bond motifs is 1. The van der Waals surface area contributed by atoms with Crippen molar-refractivity contribution < 1.29 is 9.90 Å². The smallest absolute Gasteiger partial charge is 0.337 e. The minimum Gasteiger partial charge on any atom is -0.478 e. The Morgan fingerprint density at radius 3 is 2.65 bits per heavy atom. The Balaban J connectivity index is 2.25. The van der Waals surface area contributed by atoms with Crippen LogP contribution in [0, 0.1) is 13.8 Å². The van der Waals surface area contributed by atoms with E-state index >= 15 is 0 Å². The molecule has 100 valence electrons. The van der Waals surface area contributed by atoms with Gasteiger partial charge in [-0.25, -0.2) is 9.78 Å². The van der Waals surface area contributed by atoms with Gasteiger partial charge in [-0.2, -0.15) is 0 Å². The van der Waals surface area contributed by atoms with Crippen molar-refractivity contribution in [3.8, 4) is 5.69 Å². The normalized spacial score (nSPS) is 10.9. The molecule has 1 aromatic heterocycles. The summed E-state index contributed by atoms with van der Waals surface area (Å²) in [5, 5.41) is 9.19. The summed E-state index contributed by atoms with van der Waals surface area (Å²) in [6.07, 6.45) is 1.67. The molecule has 3 rings (SSSR count). The minimum atomic E-state index is -0.957. The van der Waals surface area contributed by atoms with Crippen molar-refractivity contribution in [3.05, 3.63) is 59.4 Å². The number of nitrogens with zero attached hydrogens (tertiary/aromatic N) is 2. The zero-order valence-electron chi connectivity index (χ0n) is 11.3. The van der Waals surface area contributed by atoms with Gasteiger partial charge in [0.2, 0.25) is 0 Å². The monoisotopic (exact) mass is 266 g/mol. The Kier molecular flexibility index (Phi) is 2.79. The van der Waals surface area contributed by atoms with Gasteiger partial charge in [-0.3, -0.25) is 4.57 Å². The van der Waals surface area contributed by atoms with Crippen LogP contribution in [-0.4, -0.2) is 20.6 Å². The fraction of sp³-hybridized carbons (Fsp3) is 0.125. The number of carboxylic acid groups (broad SMARTS) is 1. The highest BCUT2D eigenvalue weighted by Gasteiger charge is 2.13. The van der Waals surface area contributed by atoms with Gasteiger partial charge in [0.1, 0.15) is 11.8 Å². The lowest BCUT2D eigenvalue weighted by Gasteiger charge is -2.07. The van der Waals surface area contributed by atoms with Gasteiger partial charge in [0.05, 0.1) is 11.1 Å². The molecule has 0 atom stereocenters. The molecule has 0 spiro atoms. The third-order valence-electron chi connectivity index (χ3n) is 3.58. The highest BCUT2D eigenvalue weighted by Crippen LogP contribution is 2.22. The maximum Gasteiger partial charge on any atom is 0.337 e. The zero-order valence-corrected chi connectivity index (χ0v) is 11.3. The quantitative estimate of drug-likeness (QED) is 0.774. The third-order valence-corrected chi connectivity index (χ3v) is 3.58. The Bertz CT molecular complexity index is 818. The van der Waals surface area contributed by atoms with Gasteiger partial charge >= 0.3 is 5.97 Å². The van der Waals surface area contributed by atoms with E-state index in [9.17, 15) is 9.90 Å². The van der Waals surface area contributed by atoms with E-state index in [1.54, 1.807) is 18.5 Å². The molecule has 4 heteroatoms. The van der Waals surface area contributed by atoms with Crippen LogP contribution in [-0.2, 0) is 0 Å². The molecule has 0 unspecified atom stereocenters. The number of carbonyl (C=O) groups is 1. The maximum atomic E-state index is 11.2. The largest absolute Gasteiger partial charge is 0.478 e.